The number of nitrogens with one attached hydrogen (secondary N) is 1. The summed E-state index contributed by atoms with van der Waals surface area (Å²) in [6, 6.07) is 1.93. The maximum Gasteiger partial charge on any atom is 0.202 e. The molecule has 0 saturated carbocycles. The molecular weight excluding hydrogens is 222 g/mol. The highest BCUT2D eigenvalue weighted by Crippen LogP contribution is 2.16. The maximum absolute atomic E-state index is 9.88. The molecule has 2 aromatic heterocycles. The predicted molar refractivity (Wildman–Crippen MR) is 65.7 cm³/mol. The second kappa shape index (κ2) is 5.14. The number of imidazole rings is 1. The molecule has 0 aliphatic rings. The lowest BCUT2D eigenvalue weighted by atomic mass is 10.2. The van der Waals surface area contributed by atoms with Crippen molar-refractivity contribution in [3.8, 4) is 0 Å². The number of aryl methyl sites for hydroxylation is 1. The lowest BCUT2D eigenvalue weighted by Gasteiger charge is -2.11. The summed E-state index contributed by atoms with van der Waals surface area (Å²) < 4.78 is 2.00. The molecule has 86 valence electrons. The van der Waals surface area contributed by atoms with E-state index in [4.69, 9.17) is 0 Å². The second-order valence-corrected chi connectivity index (χ2v) is 4.27. The minimum Gasteiger partial charge on any atom is -0.387 e. The predicted octanol–water partition coefficient (Wildman–Crippen LogP) is 2.11. The number of anilines is 1. The van der Waals surface area contributed by atoms with Gasteiger partial charge in [0.05, 0.1) is 6.10 Å². The van der Waals surface area contributed by atoms with E-state index < -0.39 is 6.10 Å². The maximum atomic E-state index is 9.88. The molecule has 2 rings (SSSR count). The quantitative estimate of drug-likeness (QED) is 0.837. The molecular formula is C11H15N3OS. The van der Waals surface area contributed by atoms with Crippen LogP contribution < -0.4 is 5.32 Å². The van der Waals surface area contributed by atoms with E-state index >= 15 is 0 Å². The van der Waals surface area contributed by atoms with Crippen LogP contribution in [0.15, 0.2) is 29.2 Å². The van der Waals surface area contributed by atoms with Gasteiger partial charge in [-0.3, -0.25) is 0 Å². The summed E-state index contributed by atoms with van der Waals surface area (Å²) >= 11 is 1.59. The number of thiophene rings is 1. The van der Waals surface area contributed by atoms with E-state index in [1.165, 1.54) is 0 Å². The Balaban J connectivity index is 1.92. The van der Waals surface area contributed by atoms with Gasteiger partial charge < -0.3 is 15.0 Å². The first-order chi connectivity index (χ1) is 7.81. The number of hydrogen-bond donors (Lipinski definition) is 2. The van der Waals surface area contributed by atoms with E-state index in [-0.39, 0.29) is 0 Å². The van der Waals surface area contributed by atoms with Crippen LogP contribution in [0.4, 0.5) is 5.95 Å². The Morgan fingerprint density at radius 2 is 2.50 bits per heavy atom. The van der Waals surface area contributed by atoms with Gasteiger partial charge in [-0.1, -0.05) is 0 Å². The highest BCUT2D eigenvalue weighted by atomic mass is 32.1. The summed E-state index contributed by atoms with van der Waals surface area (Å²) in [6.45, 7) is 3.41. The van der Waals surface area contributed by atoms with Crippen LogP contribution in [-0.2, 0) is 6.54 Å². The fraction of sp³-hybridized carbons (Fsp3) is 0.364. The lowest BCUT2D eigenvalue weighted by molar-refractivity contribution is 0.192. The molecule has 0 bridgehead atoms. The number of aromatic nitrogens is 2. The molecule has 0 fully saturated rings. The summed E-state index contributed by atoms with van der Waals surface area (Å²) in [5.41, 5.74) is 0.951. The van der Waals surface area contributed by atoms with Crippen LogP contribution >= 0.6 is 11.3 Å². The molecule has 0 aliphatic heterocycles. The van der Waals surface area contributed by atoms with Crippen LogP contribution in [0.1, 0.15) is 18.6 Å². The average Bonchev–Trinajstić information content (AvgIpc) is 2.96. The topological polar surface area (TPSA) is 50.1 Å². The standard InChI is InChI=1S/C11H15N3OS/c1-2-14-5-4-12-11(14)13-7-10(15)9-3-6-16-8-9/h3-6,8,10,15H,2,7H2,1H3,(H,12,13). The normalized spacial score (nSPS) is 12.6. The summed E-state index contributed by atoms with van der Waals surface area (Å²) in [6.07, 6.45) is 3.19. The minimum absolute atomic E-state index is 0.478. The zero-order chi connectivity index (χ0) is 11.4. The van der Waals surface area contributed by atoms with E-state index in [2.05, 4.69) is 17.2 Å². The van der Waals surface area contributed by atoms with Crippen LogP contribution in [0.5, 0.6) is 0 Å². The van der Waals surface area contributed by atoms with Gasteiger partial charge in [-0.15, -0.1) is 0 Å². The van der Waals surface area contributed by atoms with Crippen LogP contribution in [0.3, 0.4) is 0 Å². The SMILES string of the molecule is CCn1ccnc1NCC(O)c1ccsc1. The summed E-state index contributed by atoms with van der Waals surface area (Å²) in [5.74, 6) is 0.803. The molecule has 0 aliphatic carbocycles. The van der Waals surface area contributed by atoms with E-state index in [1.54, 1.807) is 17.5 Å². The molecule has 0 amide bonds. The Bertz CT molecular complexity index is 424. The number of rotatable bonds is 5. The third-order valence-corrected chi connectivity index (χ3v) is 3.14. The molecule has 4 nitrogen and oxygen atoms in total. The first-order valence-corrected chi connectivity index (χ1v) is 6.20. The summed E-state index contributed by atoms with van der Waals surface area (Å²) in [4.78, 5) is 4.18. The van der Waals surface area contributed by atoms with Crippen LogP contribution in [0.25, 0.3) is 0 Å². The highest BCUT2D eigenvalue weighted by molar-refractivity contribution is 7.07. The van der Waals surface area contributed by atoms with Gasteiger partial charge in [0, 0.05) is 25.5 Å². The number of nitrogens with zero attached hydrogens (tertiary/aromatic N) is 2. The Morgan fingerprint density at radius 3 is 3.19 bits per heavy atom. The van der Waals surface area contributed by atoms with Crippen molar-refractivity contribution >= 4 is 17.3 Å². The molecule has 2 aromatic rings. The highest BCUT2D eigenvalue weighted by Gasteiger charge is 2.08. The molecule has 0 spiro atoms. The Hall–Kier alpha value is -1.33. The van der Waals surface area contributed by atoms with Crippen molar-refractivity contribution in [2.45, 2.75) is 19.6 Å². The molecule has 2 heterocycles. The minimum atomic E-state index is -0.478. The van der Waals surface area contributed by atoms with E-state index in [1.807, 2.05) is 27.6 Å². The van der Waals surface area contributed by atoms with Crippen molar-refractivity contribution in [3.05, 3.63) is 34.8 Å². The molecule has 0 radical (unpaired) electrons. The van der Waals surface area contributed by atoms with Crippen LogP contribution in [0.2, 0.25) is 0 Å². The van der Waals surface area contributed by atoms with Crippen molar-refractivity contribution < 1.29 is 5.11 Å². The fourth-order valence-corrected chi connectivity index (χ4v) is 2.21. The molecule has 0 aromatic carbocycles. The number of aliphatic hydroxyl groups is 1. The monoisotopic (exact) mass is 237 g/mol. The lowest BCUT2D eigenvalue weighted by Crippen LogP contribution is -2.14. The molecule has 2 N–H and O–H groups in total. The molecule has 16 heavy (non-hydrogen) atoms. The van der Waals surface area contributed by atoms with Crippen molar-refractivity contribution in [1.29, 1.82) is 0 Å². The van der Waals surface area contributed by atoms with E-state index in [0.717, 1.165) is 18.1 Å². The van der Waals surface area contributed by atoms with Gasteiger partial charge in [-0.25, -0.2) is 4.98 Å². The van der Waals surface area contributed by atoms with Crippen LogP contribution in [0, 0.1) is 0 Å². The van der Waals surface area contributed by atoms with E-state index in [9.17, 15) is 5.11 Å². The van der Waals surface area contributed by atoms with Crippen molar-refractivity contribution in [3.63, 3.8) is 0 Å². The average molecular weight is 237 g/mol. The zero-order valence-electron chi connectivity index (χ0n) is 9.13. The zero-order valence-corrected chi connectivity index (χ0v) is 9.94. The van der Waals surface area contributed by atoms with Gasteiger partial charge >= 0.3 is 0 Å². The second-order valence-electron chi connectivity index (χ2n) is 3.49. The van der Waals surface area contributed by atoms with Gasteiger partial charge in [0.1, 0.15) is 0 Å². The van der Waals surface area contributed by atoms with Crippen molar-refractivity contribution in [1.82, 2.24) is 9.55 Å². The van der Waals surface area contributed by atoms with Gasteiger partial charge in [0.15, 0.2) is 0 Å². The fourth-order valence-electron chi connectivity index (χ4n) is 1.50. The van der Waals surface area contributed by atoms with Gasteiger partial charge in [0.25, 0.3) is 0 Å². The Morgan fingerprint density at radius 1 is 1.62 bits per heavy atom. The smallest absolute Gasteiger partial charge is 0.202 e. The van der Waals surface area contributed by atoms with E-state index in [0.29, 0.717) is 6.54 Å². The van der Waals surface area contributed by atoms with Gasteiger partial charge in [-0.2, -0.15) is 11.3 Å². The molecule has 0 saturated heterocycles. The summed E-state index contributed by atoms with van der Waals surface area (Å²) in [5, 5.41) is 16.9. The Labute approximate surface area is 98.6 Å². The third kappa shape index (κ3) is 2.43. The summed E-state index contributed by atoms with van der Waals surface area (Å²) in [7, 11) is 0. The van der Waals surface area contributed by atoms with Crippen molar-refractivity contribution in [2.75, 3.05) is 11.9 Å². The first-order valence-electron chi connectivity index (χ1n) is 5.26. The molecule has 5 heteroatoms. The van der Waals surface area contributed by atoms with Crippen LogP contribution in [-0.4, -0.2) is 21.2 Å². The van der Waals surface area contributed by atoms with Crippen molar-refractivity contribution in [2.24, 2.45) is 0 Å². The molecule has 1 atom stereocenters. The largest absolute Gasteiger partial charge is 0.387 e. The number of hydrogen-bond acceptors (Lipinski definition) is 4. The Kier molecular flexibility index (Phi) is 3.58. The number of aliphatic hydroxyl groups excluding tert-OH is 1. The van der Waals surface area contributed by atoms with Gasteiger partial charge in [0.2, 0.25) is 5.95 Å². The third-order valence-electron chi connectivity index (χ3n) is 2.44. The molecule has 1 unspecified atom stereocenters. The first kappa shape index (κ1) is 11.2. The van der Waals surface area contributed by atoms with Gasteiger partial charge in [-0.05, 0) is 29.3 Å².